The van der Waals surface area contributed by atoms with Crippen LogP contribution < -0.4 is 0 Å². The molecule has 64 valence electrons. The first-order valence-corrected chi connectivity index (χ1v) is 3.91. The average Bonchev–Trinajstić information content (AvgIpc) is 1.94. The minimum Gasteiger partial charge on any atom is -0.481 e. The van der Waals surface area contributed by atoms with E-state index in [2.05, 4.69) is 20.9 Å². The van der Waals surface area contributed by atoms with Gasteiger partial charge in [-0.3, -0.25) is 4.79 Å². The van der Waals surface area contributed by atoms with E-state index in [0.717, 1.165) is 0 Å². The molecule has 1 rings (SSSR count). The van der Waals surface area contributed by atoms with Gasteiger partial charge < -0.3 is 5.11 Å². The third-order valence-corrected chi connectivity index (χ3v) is 1.68. The van der Waals surface area contributed by atoms with Crippen molar-refractivity contribution in [3.05, 3.63) is 28.2 Å². The molecular weight excluding hydrogens is 229 g/mol. The van der Waals surface area contributed by atoms with Gasteiger partial charge in [0.2, 0.25) is 5.95 Å². The molecule has 5 heteroatoms. The molecule has 0 amide bonds. The minimum absolute atomic E-state index is 0.0886. The maximum absolute atomic E-state index is 12.8. The number of nitrogens with zero attached hydrogens (tertiary/aromatic N) is 1. The van der Waals surface area contributed by atoms with Gasteiger partial charge in [0.1, 0.15) is 4.60 Å². The molecule has 0 aliphatic rings. The fraction of sp³-hybridized carbons (Fsp3) is 0.143. The summed E-state index contributed by atoms with van der Waals surface area (Å²) in [6.45, 7) is 0. The first-order chi connectivity index (χ1) is 5.59. The van der Waals surface area contributed by atoms with Crippen LogP contribution in [0.4, 0.5) is 4.39 Å². The van der Waals surface area contributed by atoms with Crippen molar-refractivity contribution in [2.24, 2.45) is 0 Å². The van der Waals surface area contributed by atoms with Crippen LogP contribution in [-0.2, 0) is 11.2 Å². The summed E-state index contributed by atoms with van der Waals surface area (Å²) in [6.07, 6.45) is -0.341. The lowest BCUT2D eigenvalue weighted by Crippen LogP contribution is -2.03. The normalized spacial score (nSPS) is 9.83. The number of aliphatic carboxylic acids is 1. The van der Waals surface area contributed by atoms with Gasteiger partial charge in [0, 0.05) is 5.56 Å². The van der Waals surface area contributed by atoms with Crippen LogP contribution >= 0.6 is 15.9 Å². The highest BCUT2D eigenvalue weighted by molar-refractivity contribution is 9.10. The molecule has 0 aromatic carbocycles. The van der Waals surface area contributed by atoms with E-state index >= 15 is 0 Å². The molecule has 0 saturated heterocycles. The highest BCUT2D eigenvalue weighted by Crippen LogP contribution is 2.11. The van der Waals surface area contributed by atoms with Gasteiger partial charge in [-0.25, -0.2) is 4.98 Å². The fourth-order valence-electron chi connectivity index (χ4n) is 0.736. The van der Waals surface area contributed by atoms with E-state index in [-0.39, 0.29) is 12.0 Å². The Hall–Kier alpha value is -0.970. The number of aromatic nitrogens is 1. The molecule has 0 spiro atoms. The molecule has 12 heavy (non-hydrogen) atoms. The molecule has 0 unspecified atom stereocenters. The number of halogens is 2. The Labute approximate surface area is 76.4 Å². The quantitative estimate of drug-likeness (QED) is 0.790. The summed E-state index contributed by atoms with van der Waals surface area (Å²) in [5, 5.41) is 8.35. The van der Waals surface area contributed by atoms with E-state index in [1.54, 1.807) is 0 Å². The van der Waals surface area contributed by atoms with Crippen LogP contribution in [0.1, 0.15) is 5.56 Å². The van der Waals surface area contributed by atoms with Gasteiger partial charge in [0.15, 0.2) is 0 Å². The van der Waals surface area contributed by atoms with Crippen LogP contribution in [0.15, 0.2) is 16.7 Å². The Morgan fingerprint density at radius 2 is 2.33 bits per heavy atom. The minimum atomic E-state index is -1.07. The second-order valence-electron chi connectivity index (χ2n) is 2.15. The summed E-state index contributed by atoms with van der Waals surface area (Å²) in [5.74, 6) is -1.82. The van der Waals surface area contributed by atoms with Crippen LogP contribution in [0, 0.1) is 5.95 Å². The Morgan fingerprint density at radius 1 is 1.67 bits per heavy atom. The Balaban J connectivity index is 2.93. The van der Waals surface area contributed by atoms with E-state index in [1.807, 2.05) is 0 Å². The lowest BCUT2D eigenvalue weighted by molar-refractivity contribution is -0.136. The van der Waals surface area contributed by atoms with Gasteiger partial charge in [0.25, 0.3) is 0 Å². The molecule has 1 N–H and O–H groups in total. The van der Waals surface area contributed by atoms with Gasteiger partial charge in [-0.2, -0.15) is 4.39 Å². The third-order valence-electron chi connectivity index (χ3n) is 1.23. The maximum atomic E-state index is 12.8. The van der Waals surface area contributed by atoms with E-state index in [0.29, 0.717) is 4.60 Å². The summed E-state index contributed by atoms with van der Waals surface area (Å²) in [5.41, 5.74) is 0.0886. The lowest BCUT2D eigenvalue weighted by Gasteiger charge is -1.97. The molecule has 1 aromatic rings. The molecular formula is C7H5BrFNO2. The van der Waals surface area contributed by atoms with Crippen LogP contribution in [-0.4, -0.2) is 16.1 Å². The van der Waals surface area contributed by atoms with Gasteiger partial charge in [-0.05, 0) is 22.0 Å². The van der Waals surface area contributed by atoms with Crippen molar-refractivity contribution < 1.29 is 14.3 Å². The molecule has 0 aliphatic carbocycles. The van der Waals surface area contributed by atoms with Crippen molar-refractivity contribution in [1.82, 2.24) is 4.98 Å². The average molecular weight is 234 g/mol. The van der Waals surface area contributed by atoms with Gasteiger partial charge in [-0.15, -0.1) is 0 Å². The Kier molecular flexibility index (Phi) is 2.75. The standard InChI is InChI=1S/C7H5BrFNO2/c8-5-2-1-4(3-6(11)12)7(9)10-5/h1-2H,3H2,(H,11,12). The molecule has 0 saturated carbocycles. The third kappa shape index (κ3) is 2.27. The zero-order valence-electron chi connectivity index (χ0n) is 5.92. The highest BCUT2D eigenvalue weighted by Gasteiger charge is 2.07. The monoisotopic (exact) mass is 233 g/mol. The zero-order valence-corrected chi connectivity index (χ0v) is 7.51. The van der Waals surface area contributed by atoms with Gasteiger partial charge in [-0.1, -0.05) is 6.07 Å². The molecule has 3 nitrogen and oxygen atoms in total. The fourth-order valence-corrected chi connectivity index (χ4v) is 1.02. The molecule has 0 aliphatic heterocycles. The Bertz CT molecular complexity index is 316. The van der Waals surface area contributed by atoms with Crippen LogP contribution in [0.2, 0.25) is 0 Å². The number of rotatable bonds is 2. The van der Waals surface area contributed by atoms with Gasteiger partial charge in [0.05, 0.1) is 6.42 Å². The largest absolute Gasteiger partial charge is 0.481 e. The summed E-state index contributed by atoms with van der Waals surface area (Å²) >= 11 is 2.96. The predicted octanol–water partition coefficient (Wildman–Crippen LogP) is 1.61. The van der Waals surface area contributed by atoms with E-state index in [1.165, 1.54) is 12.1 Å². The molecule has 0 bridgehead atoms. The molecule has 0 atom stereocenters. The van der Waals surface area contributed by atoms with Crippen molar-refractivity contribution in [3.8, 4) is 0 Å². The first-order valence-electron chi connectivity index (χ1n) is 3.12. The van der Waals surface area contributed by atoms with Crippen molar-refractivity contribution >= 4 is 21.9 Å². The molecule has 1 aromatic heterocycles. The summed E-state index contributed by atoms with van der Waals surface area (Å²) in [4.78, 5) is 13.6. The molecule has 0 radical (unpaired) electrons. The van der Waals surface area contributed by atoms with Crippen molar-refractivity contribution in [2.45, 2.75) is 6.42 Å². The van der Waals surface area contributed by atoms with Crippen LogP contribution in [0.5, 0.6) is 0 Å². The van der Waals surface area contributed by atoms with E-state index in [9.17, 15) is 9.18 Å². The van der Waals surface area contributed by atoms with Crippen molar-refractivity contribution in [1.29, 1.82) is 0 Å². The summed E-state index contributed by atoms with van der Waals surface area (Å²) in [6, 6.07) is 2.89. The number of hydrogen-bond donors (Lipinski definition) is 1. The zero-order chi connectivity index (χ0) is 9.14. The highest BCUT2D eigenvalue weighted by atomic mass is 79.9. The van der Waals surface area contributed by atoms with E-state index in [4.69, 9.17) is 5.11 Å². The smallest absolute Gasteiger partial charge is 0.307 e. The number of carboxylic acid groups (broad SMARTS) is 1. The van der Waals surface area contributed by atoms with Crippen LogP contribution in [0.3, 0.4) is 0 Å². The number of carboxylic acids is 1. The SMILES string of the molecule is O=C(O)Cc1ccc(Br)nc1F. The number of hydrogen-bond acceptors (Lipinski definition) is 2. The Morgan fingerprint density at radius 3 is 2.83 bits per heavy atom. The summed E-state index contributed by atoms with van der Waals surface area (Å²) < 4.78 is 13.2. The second-order valence-corrected chi connectivity index (χ2v) is 2.97. The van der Waals surface area contributed by atoms with Crippen molar-refractivity contribution in [2.75, 3.05) is 0 Å². The van der Waals surface area contributed by atoms with Crippen LogP contribution in [0.25, 0.3) is 0 Å². The topological polar surface area (TPSA) is 50.2 Å². The molecule has 0 fully saturated rings. The van der Waals surface area contributed by atoms with Gasteiger partial charge >= 0.3 is 5.97 Å². The number of pyridine rings is 1. The predicted molar refractivity (Wildman–Crippen MR) is 43.2 cm³/mol. The molecule has 1 heterocycles. The first kappa shape index (κ1) is 9.12. The lowest BCUT2D eigenvalue weighted by atomic mass is 10.2. The van der Waals surface area contributed by atoms with Crippen molar-refractivity contribution in [3.63, 3.8) is 0 Å². The number of carbonyl (C=O) groups is 1. The second kappa shape index (κ2) is 3.62. The van der Waals surface area contributed by atoms with E-state index < -0.39 is 11.9 Å². The maximum Gasteiger partial charge on any atom is 0.307 e. The summed E-state index contributed by atoms with van der Waals surface area (Å²) in [7, 11) is 0.